The van der Waals surface area contributed by atoms with Gasteiger partial charge in [0.05, 0.1) is 4.90 Å². The molecule has 0 bridgehead atoms. The van der Waals surface area contributed by atoms with Crippen LogP contribution in [0.1, 0.15) is 51.5 Å². The molecule has 0 unspecified atom stereocenters. The predicted octanol–water partition coefficient (Wildman–Crippen LogP) is 2.58. The van der Waals surface area contributed by atoms with E-state index in [1.807, 2.05) is 61.5 Å². The van der Waals surface area contributed by atoms with Gasteiger partial charge >= 0.3 is 5.97 Å². The normalized spacial score (nSPS) is 17.2. The molecule has 1 aliphatic heterocycles. The number of anilines is 1. The van der Waals surface area contributed by atoms with Crippen molar-refractivity contribution in [3.63, 3.8) is 0 Å². The lowest BCUT2D eigenvalue weighted by atomic mass is 10.0. The van der Waals surface area contributed by atoms with E-state index in [-0.39, 0.29) is 36.7 Å². The maximum absolute atomic E-state index is 14.5. The first kappa shape index (κ1) is 37.1. The maximum atomic E-state index is 14.5. The molecule has 1 fully saturated rings. The quantitative estimate of drug-likeness (QED) is 0.0902. The van der Waals surface area contributed by atoms with Gasteiger partial charge in [0.25, 0.3) is 0 Å². The molecule has 0 radical (unpaired) electrons. The number of sulfonamides is 1. The minimum Gasteiger partial charge on any atom is -0.480 e. The van der Waals surface area contributed by atoms with Crippen LogP contribution in [0.2, 0.25) is 0 Å². The zero-order chi connectivity index (χ0) is 35.9. The highest BCUT2D eigenvalue weighted by Crippen LogP contribution is 2.41. The van der Waals surface area contributed by atoms with Gasteiger partial charge in [0.1, 0.15) is 18.1 Å². The third kappa shape index (κ3) is 8.86. The van der Waals surface area contributed by atoms with Crippen molar-refractivity contribution in [3.8, 4) is 0 Å². The molecule has 4 rings (SSSR count). The van der Waals surface area contributed by atoms with Crippen LogP contribution < -0.4 is 27.0 Å². The molecule has 3 atom stereocenters. The Morgan fingerprint density at radius 3 is 2.29 bits per heavy atom. The highest BCUT2D eigenvalue weighted by Gasteiger charge is 2.50. The van der Waals surface area contributed by atoms with Crippen molar-refractivity contribution in [2.24, 2.45) is 16.5 Å². The summed E-state index contributed by atoms with van der Waals surface area (Å²) in [5.74, 6) is -2.68. The summed E-state index contributed by atoms with van der Waals surface area (Å²) in [5.41, 5.74) is 11.6. The van der Waals surface area contributed by atoms with Crippen molar-refractivity contribution in [1.29, 1.82) is 0 Å². The molecule has 1 saturated heterocycles. The highest BCUT2D eigenvalue weighted by atomic mass is 32.2. The molecule has 1 heterocycles. The molecule has 1 aliphatic rings. The molecule has 14 heteroatoms. The number of aliphatic carboxylic acids is 1. The number of benzene rings is 3. The van der Waals surface area contributed by atoms with Gasteiger partial charge in [-0.05, 0) is 70.1 Å². The van der Waals surface area contributed by atoms with Crippen molar-refractivity contribution < 1.29 is 27.9 Å². The van der Waals surface area contributed by atoms with Gasteiger partial charge in [-0.1, -0.05) is 54.6 Å². The van der Waals surface area contributed by atoms with Crippen LogP contribution in [0.3, 0.4) is 0 Å². The topological polar surface area (TPSA) is 201 Å². The number of guanidine groups is 1. The number of carbonyl (C=O) groups is 3. The first-order chi connectivity index (χ1) is 23.1. The fourth-order valence-electron chi connectivity index (χ4n) is 6.38. The molecule has 264 valence electrons. The van der Waals surface area contributed by atoms with E-state index in [9.17, 15) is 27.9 Å². The van der Waals surface area contributed by atoms with Crippen molar-refractivity contribution >= 4 is 50.2 Å². The summed E-state index contributed by atoms with van der Waals surface area (Å²) < 4.78 is 30.3. The fraction of sp³-hybridized carbons (Fsp3) is 0.429. The minimum absolute atomic E-state index is 0.0562. The van der Waals surface area contributed by atoms with E-state index in [2.05, 4.69) is 15.6 Å². The first-order valence-electron chi connectivity index (χ1n) is 16.3. The lowest BCUT2D eigenvalue weighted by Gasteiger charge is -2.35. The minimum atomic E-state index is -4.22. The number of fused-ring (bicyclic) bond motifs is 1. The Kier molecular flexibility index (Phi) is 11.9. The SMILES string of the molecule is CN(C)c1cccc2c(S(=O)(=O)N3[C@H](C(=O)N[C@@H](CCc4ccccc4)C(=O)N[C@@H](CCCN=C(N)N)C(=O)O)CCC3(C)C)cccc12. The van der Waals surface area contributed by atoms with Crippen LogP contribution in [0.25, 0.3) is 10.8 Å². The zero-order valence-electron chi connectivity index (χ0n) is 28.4. The highest BCUT2D eigenvalue weighted by molar-refractivity contribution is 7.89. The van der Waals surface area contributed by atoms with E-state index in [1.54, 1.807) is 38.1 Å². The summed E-state index contributed by atoms with van der Waals surface area (Å²) >= 11 is 0. The zero-order valence-corrected chi connectivity index (χ0v) is 29.2. The average Bonchev–Trinajstić information content (AvgIpc) is 3.39. The Morgan fingerprint density at radius 1 is 0.959 bits per heavy atom. The molecule has 3 aromatic rings. The number of hydrogen-bond acceptors (Lipinski definition) is 7. The number of aliphatic imine (C=N–C) groups is 1. The summed E-state index contributed by atoms with van der Waals surface area (Å²) in [6.07, 6.45) is 1.56. The van der Waals surface area contributed by atoms with Crippen LogP contribution in [0.4, 0.5) is 5.69 Å². The molecule has 0 aliphatic carbocycles. The Morgan fingerprint density at radius 2 is 1.63 bits per heavy atom. The summed E-state index contributed by atoms with van der Waals surface area (Å²) in [5, 5.41) is 16.5. The summed E-state index contributed by atoms with van der Waals surface area (Å²) in [7, 11) is -0.454. The number of nitrogens with zero attached hydrogens (tertiary/aromatic N) is 3. The number of carbonyl (C=O) groups excluding carboxylic acids is 2. The number of nitrogens with two attached hydrogens (primary N) is 2. The third-order valence-electron chi connectivity index (χ3n) is 8.85. The fourth-order valence-corrected chi connectivity index (χ4v) is 8.58. The summed E-state index contributed by atoms with van der Waals surface area (Å²) in [4.78, 5) is 45.6. The van der Waals surface area contributed by atoms with Crippen molar-refractivity contribution in [1.82, 2.24) is 14.9 Å². The van der Waals surface area contributed by atoms with Gasteiger partial charge in [-0.25, -0.2) is 13.2 Å². The second-order valence-electron chi connectivity index (χ2n) is 13.1. The molecular weight excluding hydrogens is 646 g/mol. The standard InChI is InChI=1S/C35H47N7O6S/c1-35(2)21-20-29(42(35)49(47,48)30-17-9-13-24-25(30)14-8-16-28(24)41(3)4)32(44)39-26(19-18-23-11-6-5-7-12-23)31(43)40-27(33(45)46)15-10-22-38-34(36)37/h5-9,11-14,16-17,26-27,29H,10,15,18-22H2,1-4H3,(H,39,44)(H,40,43)(H,45,46)(H4,36,37,38)/t26-,27-,29-/m0/s1. The number of carboxylic acids is 1. The van der Waals surface area contributed by atoms with E-state index in [0.717, 1.165) is 16.6 Å². The van der Waals surface area contributed by atoms with E-state index in [1.165, 1.54) is 4.31 Å². The van der Waals surface area contributed by atoms with Crippen molar-refractivity contribution in [2.45, 2.75) is 80.9 Å². The van der Waals surface area contributed by atoms with Gasteiger partial charge in [-0.3, -0.25) is 14.6 Å². The largest absolute Gasteiger partial charge is 0.480 e. The Labute approximate surface area is 287 Å². The molecule has 2 amide bonds. The first-order valence-corrected chi connectivity index (χ1v) is 17.7. The summed E-state index contributed by atoms with van der Waals surface area (Å²) in [6, 6.07) is 16.5. The van der Waals surface area contributed by atoms with E-state index >= 15 is 0 Å². The van der Waals surface area contributed by atoms with Crippen LogP contribution in [0.5, 0.6) is 0 Å². The number of rotatable bonds is 15. The molecule has 0 saturated carbocycles. The Balaban J connectivity index is 1.63. The monoisotopic (exact) mass is 693 g/mol. The molecule has 49 heavy (non-hydrogen) atoms. The second-order valence-corrected chi connectivity index (χ2v) is 14.9. The Hall–Kier alpha value is -4.69. The predicted molar refractivity (Wildman–Crippen MR) is 191 cm³/mol. The van der Waals surface area contributed by atoms with Gasteiger partial charge in [0.2, 0.25) is 21.8 Å². The number of nitrogens with one attached hydrogen (secondary N) is 2. The smallest absolute Gasteiger partial charge is 0.326 e. The van der Waals surface area contributed by atoms with Gasteiger partial charge in [0, 0.05) is 42.6 Å². The van der Waals surface area contributed by atoms with Gasteiger partial charge in [0.15, 0.2) is 5.96 Å². The van der Waals surface area contributed by atoms with Gasteiger partial charge in [-0.2, -0.15) is 4.31 Å². The number of hydrogen-bond donors (Lipinski definition) is 5. The van der Waals surface area contributed by atoms with Crippen LogP contribution in [-0.4, -0.2) is 85.9 Å². The molecule has 13 nitrogen and oxygen atoms in total. The lowest BCUT2D eigenvalue weighted by Crippen LogP contribution is -2.57. The number of aryl methyl sites for hydroxylation is 1. The maximum Gasteiger partial charge on any atom is 0.326 e. The van der Waals surface area contributed by atoms with Crippen LogP contribution in [0, 0.1) is 0 Å². The second kappa shape index (κ2) is 15.7. The summed E-state index contributed by atoms with van der Waals surface area (Å²) in [6.45, 7) is 3.76. The van der Waals surface area contributed by atoms with Crippen molar-refractivity contribution in [3.05, 3.63) is 72.3 Å². The number of carboxylic acid groups (broad SMARTS) is 1. The van der Waals surface area contributed by atoms with Gasteiger partial charge in [-0.15, -0.1) is 0 Å². The third-order valence-corrected chi connectivity index (χ3v) is 11.0. The van der Waals surface area contributed by atoms with E-state index in [4.69, 9.17) is 11.5 Å². The van der Waals surface area contributed by atoms with Gasteiger partial charge < -0.3 is 32.1 Å². The average molecular weight is 694 g/mol. The van der Waals surface area contributed by atoms with E-state index in [0.29, 0.717) is 24.6 Å². The Bertz CT molecular complexity index is 1790. The number of amides is 2. The molecular formula is C35H47N7O6S. The molecule has 0 spiro atoms. The van der Waals surface area contributed by atoms with E-state index < -0.39 is 51.5 Å². The molecule has 3 aromatic carbocycles. The molecule has 0 aromatic heterocycles. The van der Waals surface area contributed by atoms with Crippen molar-refractivity contribution in [2.75, 3.05) is 25.5 Å². The van der Waals surface area contributed by atoms with Crippen LogP contribution in [0.15, 0.2) is 76.6 Å². The van der Waals surface area contributed by atoms with Crippen LogP contribution in [-0.2, 0) is 30.8 Å². The van der Waals surface area contributed by atoms with Crippen LogP contribution >= 0.6 is 0 Å². The molecule has 7 N–H and O–H groups in total. The lowest BCUT2D eigenvalue weighted by molar-refractivity contribution is -0.142.